The molecule has 88 valence electrons. The molecule has 0 aliphatic heterocycles. The lowest BCUT2D eigenvalue weighted by Crippen LogP contribution is -2.41. The molecule has 16 heavy (non-hydrogen) atoms. The molecule has 1 aromatic carbocycles. The summed E-state index contributed by atoms with van der Waals surface area (Å²) in [6.45, 7) is 8.00. The Morgan fingerprint density at radius 2 is 1.88 bits per heavy atom. The Kier molecular flexibility index (Phi) is 3.68. The molecule has 1 amide bonds. The molecule has 1 rings (SSSR count). The zero-order chi connectivity index (χ0) is 12.3. The lowest BCUT2D eigenvalue weighted by atomic mass is 9.88. The van der Waals surface area contributed by atoms with Crippen LogP contribution in [0.2, 0.25) is 0 Å². The van der Waals surface area contributed by atoms with Crippen molar-refractivity contribution in [3.63, 3.8) is 0 Å². The molecule has 3 heteroatoms. The van der Waals surface area contributed by atoms with E-state index in [2.05, 4.69) is 5.32 Å². The van der Waals surface area contributed by atoms with E-state index in [1.54, 1.807) is 12.1 Å². The third kappa shape index (κ3) is 3.05. The lowest BCUT2D eigenvalue weighted by Gasteiger charge is -2.28. The van der Waals surface area contributed by atoms with Crippen LogP contribution in [0.1, 0.15) is 38.1 Å². The number of rotatable bonds is 2. The van der Waals surface area contributed by atoms with Crippen LogP contribution in [-0.2, 0) is 0 Å². The Morgan fingerprint density at radius 3 is 2.38 bits per heavy atom. The third-order valence-electron chi connectivity index (χ3n) is 2.77. The zero-order valence-corrected chi connectivity index (χ0v) is 10.2. The van der Waals surface area contributed by atoms with Crippen molar-refractivity contribution >= 4 is 5.91 Å². The molecule has 0 aliphatic carbocycles. The van der Waals surface area contributed by atoms with Gasteiger partial charge in [-0.2, -0.15) is 0 Å². The Labute approximate surface area is 95.9 Å². The van der Waals surface area contributed by atoms with E-state index in [9.17, 15) is 9.18 Å². The van der Waals surface area contributed by atoms with Crippen molar-refractivity contribution in [3.8, 4) is 0 Å². The maximum absolute atomic E-state index is 13.3. The summed E-state index contributed by atoms with van der Waals surface area (Å²) in [5, 5.41) is 2.80. The van der Waals surface area contributed by atoms with Gasteiger partial charge in [0.05, 0.1) is 5.56 Å². The minimum Gasteiger partial charge on any atom is -0.349 e. The van der Waals surface area contributed by atoms with E-state index < -0.39 is 5.82 Å². The molecule has 0 heterocycles. The zero-order valence-electron chi connectivity index (χ0n) is 10.2. The molecule has 0 bridgehead atoms. The summed E-state index contributed by atoms with van der Waals surface area (Å²) in [5.41, 5.74) is 0.0552. The lowest BCUT2D eigenvalue weighted by molar-refractivity contribution is 0.0906. The number of hydrogen-bond donors (Lipinski definition) is 1. The van der Waals surface area contributed by atoms with Gasteiger partial charge < -0.3 is 5.32 Å². The molecule has 0 radical (unpaired) electrons. The molecule has 1 N–H and O–H groups in total. The predicted octanol–water partition coefficient (Wildman–Crippen LogP) is 2.99. The van der Waals surface area contributed by atoms with Crippen molar-refractivity contribution < 1.29 is 9.18 Å². The second-order valence-corrected chi connectivity index (χ2v) is 5.04. The van der Waals surface area contributed by atoms with Gasteiger partial charge in [0.2, 0.25) is 0 Å². The quantitative estimate of drug-likeness (QED) is 0.820. The Balaban J connectivity index is 2.78. The molecule has 0 aliphatic rings. The normalized spacial score (nSPS) is 13.3. The SMILES string of the molecule is C[C@H](NC(=O)c1ccccc1F)C(C)(C)C. The van der Waals surface area contributed by atoms with Crippen LogP contribution in [0.15, 0.2) is 24.3 Å². The van der Waals surface area contributed by atoms with Crippen molar-refractivity contribution in [1.82, 2.24) is 5.32 Å². The first-order chi connectivity index (χ1) is 7.32. The fraction of sp³-hybridized carbons (Fsp3) is 0.462. The van der Waals surface area contributed by atoms with Gasteiger partial charge in [-0.3, -0.25) is 4.79 Å². The number of nitrogens with one attached hydrogen (secondary N) is 1. The first kappa shape index (κ1) is 12.7. The van der Waals surface area contributed by atoms with Gasteiger partial charge in [0, 0.05) is 6.04 Å². The maximum atomic E-state index is 13.3. The van der Waals surface area contributed by atoms with Crippen molar-refractivity contribution in [3.05, 3.63) is 35.6 Å². The Morgan fingerprint density at radius 1 is 1.31 bits per heavy atom. The topological polar surface area (TPSA) is 29.1 Å². The summed E-state index contributed by atoms with van der Waals surface area (Å²) in [7, 11) is 0. The van der Waals surface area contributed by atoms with Crippen LogP contribution in [0.4, 0.5) is 4.39 Å². The molecule has 0 unspecified atom stereocenters. The van der Waals surface area contributed by atoms with Crippen LogP contribution >= 0.6 is 0 Å². The molecule has 1 atom stereocenters. The highest BCUT2D eigenvalue weighted by atomic mass is 19.1. The molecule has 2 nitrogen and oxygen atoms in total. The molecule has 0 saturated heterocycles. The van der Waals surface area contributed by atoms with Crippen molar-refractivity contribution in [2.24, 2.45) is 5.41 Å². The van der Waals surface area contributed by atoms with Gasteiger partial charge in [-0.1, -0.05) is 32.9 Å². The highest BCUT2D eigenvalue weighted by molar-refractivity contribution is 5.94. The number of carbonyl (C=O) groups excluding carboxylic acids is 1. The molecular weight excluding hydrogens is 205 g/mol. The largest absolute Gasteiger partial charge is 0.349 e. The number of benzene rings is 1. The van der Waals surface area contributed by atoms with E-state index >= 15 is 0 Å². The van der Waals surface area contributed by atoms with Crippen molar-refractivity contribution in [2.45, 2.75) is 33.7 Å². The summed E-state index contributed by atoms with van der Waals surface area (Å²) in [6.07, 6.45) is 0. The highest BCUT2D eigenvalue weighted by Crippen LogP contribution is 2.19. The molecule has 0 fully saturated rings. The molecular formula is C13H18FNO. The Hall–Kier alpha value is -1.38. The summed E-state index contributed by atoms with van der Waals surface area (Å²) in [4.78, 5) is 11.8. The molecule has 0 saturated carbocycles. The fourth-order valence-electron chi connectivity index (χ4n) is 1.14. The predicted molar refractivity (Wildman–Crippen MR) is 62.8 cm³/mol. The van der Waals surface area contributed by atoms with Gasteiger partial charge in [0.25, 0.3) is 5.91 Å². The third-order valence-corrected chi connectivity index (χ3v) is 2.77. The number of carbonyl (C=O) groups is 1. The summed E-state index contributed by atoms with van der Waals surface area (Å²) < 4.78 is 13.3. The first-order valence-electron chi connectivity index (χ1n) is 5.38. The van der Waals surface area contributed by atoms with Crippen LogP contribution in [0.5, 0.6) is 0 Å². The number of halogens is 1. The van der Waals surface area contributed by atoms with E-state index in [4.69, 9.17) is 0 Å². The fourth-order valence-corrected chi connectivity index (χ4v) is 1.14. The average Bonchev–Trinajstić information content (AvgIpc) is 2.16. The van der Waals surface area contributed by atoms with E-state index in [0.29, 0.717) is 0 Å². The molecule has 1 aromatic rings. The second kappa shape index (κ2) is 4.64. The van der Waals surface area contributed by atoms with Gasteiger partial charge in [-0.25, -0.2) is 4.39 Å². The van der Waals surface area contributed by atoms with Crippen LogP contribution in [0, 0.1) is 11.2 Å². The molecule has 0 spiro atoms. The summed E-state index contributed by atoms with van der Waals surface area (Å²) in [5.74, 6) is -0.846. The van der Waals surface area contributed by atoms with E-state index in [1.165, 1.54) is 12.1 Å². The average molecular weight is 223 g/mol. The van der Waals surface area contributed by atoms with E-state index in [0.717, 1.165) is 0 Å². The summed E-state index contributed by atoms with van der Waals surface area (Å²) in [6, 6.07) is 5.98. The van der Waals surface area contributed by atoms with Gasteiger partial charge in [-0.05, 0) is 24.5 Å². The van der Waals surface area contributed by atoms with Crippen LogP contribution in [0.3, 0.4) is 0 Å². The number of amides is 1. The van der Waals surface area contributed by atoms with Gasteiger partial charge in [-0.15, -0.1) is 0 Å². The van der Waals surface area contributed by atoms with Crippen LogP contribution in [-0.4, -0.2) is 11.9 Å². The minimum absolute atomic E-state index is 0.0143. The maximum Gasteiger partial charge on any atom is 0.254 e. The minimum atomic E-state index is -0.485. The molecule has 0 aromatic heterocycles. The van der Waals surface area contributed by atoms with E-state index in [-0.39, 0.29) is 22.9 Å². The van der Waals surface area contributed by atoms with Crippen molar-refractivity contribution in [1.29, 1.82) is 0 Å². The summed E-state index contributed by atoms with van der Waals surface area (Å²) >= 11 is 0. The van der Waals surface area contributed by atoms with Crippen molar-refractivity contribution in [2.75, 3.05) is 0 Å². The monoisotopic (exact) mass is 223 g/mol. The van der Waals surface area contributed by atoms with Crippen LogP contribution in [0.25, 0.3) is 0 Å². The smallest absolute Gasteiger partial charge is 0.254 e. The first-order valence-corrected chi connectivity index (χ1v) is 5.38. The van der Waals surface area contributed by atoms with Gasteiger partial charge in [0.1, 0.15) is 5.82 Å². The number of hydrogen-bond acceptors (Lipinski definition) is 1. The van der Waals surface area contributed by atoms with E-state index in [1.807, 2.05) is 27.7 Å². The Bertz CT molecular complexity index is 382. The highest BCUT2D eigenvalue weighted by Gasteiger charge is 2.22. The van der Waals surface area contributed by atoms with Crippen LogP contribution < -0.4 is 5.32 Å². The van der Waals surface area contributed by atoms with Gasteiger partial charge in [0.15, 0.2) is 0 Å². The second-order valence-electron chi connectivity index (χ2n) is 5.04. The van der Waals surface area contributed by atoms with Gasteiger partial charge >= 0.3 is 0 Å². The standard InChI is InChI=1S/C13H18FNO/c1-9(13(2,3)4)15-12(16)10-7-5-6-8-11(10)14/h5-9H,1-4H3,(H,15,16)/t9-/m0/s1.